The van der Waals surface area contributed by atoms with Crippen LogP contribution in [0.2, 0.25) is 5.02 Å². The summed E-state index contributed by atoms with van der Waals surface area (Å²) in [7, 11) is 0. The fraction of sp³-hybridized carbons (Fsp3) is 0.130. The van der Waals surface area contributed by atoms with E-state index >= 15 is 0 Å². The number of nitrogens with one attached hydrogen (secondary N) is 1. The van der Waals surface area contributed by atoms with Gasteiger partial charge in [-0.3, -0.25) is 24.6 Å². The van der Waals surface area contributed by atoms with Gasteiger partial charge >= 0.3 is 0 Å². The van der Waals surface area contributed by atoms with E-state index in [1.807, 2.05) is 43.3 Å². The summed E-state index contributed by atoms with van der Waals surface area (Å²) in [6, 6.07) is 18.6. The van der Waals surface area contributed by atoms with Gasteiger partial charge in [-0.1, -0.05) is 48.0 Å². The molecule has 7 nitrogen and oxygen atoms in total. The first-order valence-corrected chi connectivity index (χ1v) is 11.1. The quantitative estimate of drug-likeness (QED) is 0.390. The Morgan fingerprint density at radius 2 is 1.88 bits per heavy atom. The first-order chi connectivity index (χ1) is 15.4. The number of carbonyl (C=O) groups is 2. The van der Waals surface area contributed by atoms with E-state index in [9.17, 15) is 19.7 Å². The smallest absolute Gasteiger partial charge is 0.270 e. The largest absolute Gasteiger partial charge is 0.322 e. The van der Waals surface area contributed by atoms with Crippen molar-refractivity contribution in [3.63, 3.8) is 0 Å². The number of carbonyl (C=O) groups excluding carboxylic acids is 2. The summed E-state index contributed by atoms with van der Waals surface area (Å²) in [5.41, 5.74) is 3.05. The normalized spacial score (nSPS) is 15.6. The lowest BCUT2D eigenvalue weighted by atomic mass is 10.1. The summed E-state index contributed by atoms with van der Waals surface area (Å²) in [6.45, 7) is 1.95. The fourth-order valence-corrected chi connectivity index (χ4v) is 5.03. The number of aryl methyl sites for hydroxylation is 1. The van der Waals surface area contributed by atoms with Crippen LogP contribution in [0.3, 0.4) is 0 Å². The van der Waals surface area contributed by atoms with Crippen molar-refractivity contribution < 1.29 is 14.5 Å². The number of nitro benzene ring substituents is 1. The number of anilines is 2. The molecular weight excluding hydrogens is 450 g/mol. The highest BCUT2D eigenvalue weighted by Gasteiger charge is 2.36. The maximum atomic E-state index is 12.9. The van der Waals surface area contributed by atoms with Gasteiger partial charge in [-0.15, -0.1) is 11.8 Å². The highest BCUT2D eigenvalue weighted by molar-refractivity contribution is 8.00. The van der Waals surface area contributed by atoms with E-state index in [1.165, 1.54) is 23.9 Å². The van der Waals surface area contributed by atoms with E-state index < -0.39 is 10.8 Å². The minimum atomic E-state index is -0.572. The van der Waals surface area contributed by atoms with Crippen molar-refractivity contribution in [2.24, 2.45) is 0 Å². The Hall–Kier alpha value is -3.36. The number of hydrogen-bond donors (Lipinski definition) is 1. The zero-order valence-electron chi connectivity index (χ0n) is 16.9. The van der Waals surface area contributed by atoms with Crippen molar-refractivity contribution in [1.82, 2.24) is 0 Å². The number of para-hydroxylation sites is 2. The number of non-ortho nitro benzene ring substituents is 1. The van der Waals surface area contributed by atoms with E-state index in [0.717, 1.165) is 22.9 Å². The van der Waals surface area contributed by atoms with E-state index in [0.29, 0.717) is 11.4 Å². The average Bonchev–Trinajstić information content (AvgIpc) is 3.15. The van der Waals surface area contributed by atoms with Gasteiger partial charge in [0.1, 0.15) is 5.37 Å². The first-order valence-electron chi connectivity index (χ1n) is 9.70. The van der Waals surface area contributed by atoms with Crippen molar-refractivity contribution >= 4 is 52.2 Å². The second-order valence-corrected chi connectivity index (χ2v) is 8.65. The van der Waals surface area contributed by atoms with Crippen molar-refractivity contribution in [1.29, 1.82) is 0 Å². The molecule has 9 heteroatoms. The van der Waals surface area contributed by atoms with Gasteiger partial charge in [0.25, 0.3) is 11.6 Å². The Morgan fingerprint density at radius 1 is 1.16 bits per heavy atom. The van der Waals surface area contributed by atoms with Gasteiger partial charge in [0.2, 0.25) is 5.91 Å². The Balaban J connectivity index is 1.66. The minimum Gasteiger partial charge on any atom is -0.322 e. The molecule has 3 aromatic carbocycles. The van der Waals surface area contributed by atoms with Crippen LogP contribution in [0.1, 0.15) is 26.9 Å². The molecule has 0 radical (unpaired) electrons. The van der Waals surface area contributed by atoms with Crippen LogP contribution in [-0.4, -0.2) is 22.5 Å². The van der Waals surface area contributed by atoms with Gasteiger partial charge in [-0.2, -0.15) is 0 Å². The first kappa shape index (κ1) is 21.9. The van der Waals surface area contributed by atoms with Crippen LogP contribution in [0, 0.1) is 17.0 Å². The Labute approximate surface area is 193 Å². The lowest BCUT2D eigenvalue weighted by molar-refractivity contribution is -0.384. The van der Waals surface area contributed by atoms with Crippen LogP contribution in [-0.2, 0) is 4.79 Å². The molecule has 1 saturated heterocycles. The Morgan fingerprint density at radius 3 is 2.59 bits per heavy atom. The fourth-order valence-electron chi connectivity index (χ4n) is 3.57. The van der Waals surface area contributed by atoms with Gasteiger partial charge in [-0.25, -0.2) is 0 Å². The molecular formula is C23H18ClN3O4S. The number of halogens is 1. The zero-order chi connectivity index (χ0) is 22.8. The third-order valence-electron chi connectivity index (χ3n) is 5.13. The topological polar surface area (TPSA) is 92.6 Å². The average molecular weight is 468 g/mol. The summed E-state index contributed by atoms with van der Waals surface area (Å²) < 4.78 is 0. The predicted molar refractivity (Wildman–Crippen MR) is 126 cm³/mol. The molecule has 0 saturated carbocycles. The molecule has 0 aliphatic carbocycles. The van der Waals surface area contributed by atoms with Gasteiger partial charge < -0.3 is 5.32 Å². The molecule has 1 aliphatic heterocycles. The highest BCUT2D eigenvalue weighted by atomic mass is 35.5. The summed E-state index contributed by atoms with van der Waals surface area (Å²) >= 11 is 7.60. The van der Waals surface area contributed by atoms with Crippen LogP contribution >= 0.6 is 23.4 Å². The maximum Gasteiger partial charge on any atom is 0.270 e. The number of hydrogen-bond acceptors (Lipinski definition) is 5. The molecule has 3 aromatic rings. The second kappa shape index (κ2) is 9.02. The summed E-state index contributed by atoms with van der Waals surface area (Å²) in [4.78, 5) is 37.8. The van der Waals surface area contributed by atoms with Gasteiger partial charge in [-0.05, 0) is 30.7 Å². The molecule has 1 fully saturated rings. The number of benzene rings is 3. The van der Waals surface area contributed by atoms with Gasteiger partial charge in [0.05, 0.1) is 21.3 Å². The number of rotatable bonds is 5. The van der Waals surface area contributed by atoms with Crippen molar-refractivity contribution in [3.8, 4) is 0 Å². The number of thioether (sulfide) groups is 1. The lowest BCUT2D eigenvalue weighted by Crippen LogP contribution is -2.29. The standard InChI is InChI=1S/C23H18ClN3O4S/c1-14-6-2-5-9-20(14)26-21(28)13-32-23(26)17-7-3-4-8-19(17)25-22(29)16-11-10-15(27(30)31)12-18(16)24/h2-12,23H,13H2,1H3,(H,25,29). The maximum absolute atomic E-state index is 12.9. The van der Waals surface area contributed by atoms with Crippen LogP contribution in [0.5, 0.6) is 0 Å². The van der Waals surface area contributed by atoms with Gasteiger partial charge in [0, 0.05) is 29.1 Å². The minimum absolute atomic E-state index is 0.00570. The summed E-state index contributed by atoms with van der Waals surface area (Å²) in [5, 5.41) is 13.5. The van der Waals surface area contributed by atoms with Crippen molar-refractivity contribution in [2.45, 2.75) is 12.3 Å². The highest BCUT2D eigenvalue weighted by Crippen LogP contribution is 2.45. The molecule has 1 N–H and O–H groups in total. The van der Waals surface area contributed by atoms with Crippen molar-refractivity contribution in [3.05, 3.63) is 98.6 Å². The molecule has 0 spiro atoms. The molecule has 1 heterocycles. The molecule has 1 aliphatic rings. The SMILES string of the molecule is Cc1ccccc1N1C(=O)CSC1c1ccccc1NC(=O)c1ccc([N+](=O)[O-])cc1Cl. The summed E-state index contributed by atoms with van der Waals surface area (Å²) in [6.07, 6.45) is 0. The Bertz CT molecular complexity index is 1230. The molecule has 0 bridgehead atoms. The van der Waals surface area contributed by atoms with Crippen LogP contribution in [0.4, 0.5) is 17.1 Å². The predicted octanol–water partition coefficient (Wildman–Crippen LogP) is 5.59. The molecule has 0 aromatic heterocycles. The van der Waals surface area contributed by atoms with Crippen LogP contribution in [0.25, 0.3) is 0 Å². The second-order valence-electron chi connectivity index (χ2n) is 7.18. The lowest BCUT2D eigenvalue weighted by Gasteiger charge is -2.27. The van der Waals surface area contributed by atoms with Crippen LogP contribution < -0.4 is 10.2 Å². The zero-order valence-corrected chi connectivity index (χ0v) is 18.5. The van der Waals surface area contributed by atoms with E-state index in [-0.39, 0.29) is 27.6 Å². The molecule has 1 unspecified atom stereocenters. The molecule has 162 valence electrons. The third kappa shape index (κ3) is 4.19. The van der Waals surface area contributed by atoms with Gasteiger partial charge in [0.15, 0.2) is 0 Å². The number of nitrogens with zero attached hydrogens (tertiary/aromatic N) is 2. The summed E-state index contributed by atoms with van der Waals surface area (Å²) in [5.74, 6) is -0.168. The van der Waals surface area contributed by atoms with E-state index in [4.69, 9.17) is 11.6 Å². The van der Waals surface area contributed by atoms with E-state index in [2.05, 4.69) is 5.32 Å². The Kier molecular flexibility index (Phi) is 6.16. The monoisotopic (exact) mass is 467 g/mol. The molecule has 2 amide bonds. The van der Waals surface area contributed by atoms with Crippen LogP contribution in [0.15, 0.2) is 66.7 Å². The van der Waals surface area contributed by atoms with Crippen molar-refractivity contribution in [2.75, 3.05) is 16.0 Å². The molecule has 32 heavy (non-hydrogen) atoms. The number of nitro groups is 1. The molecule has 1 atom stereocenters. The number of amides is 2. The molecule has 4 rings (SSSR count). The third-order valence-corrected chi connectivity index (χ3v) is 6.63. The van der Waals surface area contributed by atoms with E-state index in [1.54, 1.807) is 17.0 Å².